The molecule has 0 saturated carbocycles. The molecule has 1 amide bonds. The second kappa shape index (κ2) is 5.69. The number of hydrogen-bond acceptors (Lipinski definition) is 5. The fourth-order valence-corrected chi connectivity index (χ4v) is 3.07. The third kappa shape index (κ3) is 3.41. The van der Waals surface area contributed by atoms with Gasteiger partial charge in [-0.3, -0.25) is 14.4 Å². The summed E-state index contributed by atoms with van der Waals surface area (Å²) in [6, 6.07) is 7.16. The number of amides is 1. The lowest BCUT2D eigenvalue weighted by molar-refractivity contribution is -0.131. The van der Waals surface area contributed by atoms with Crippen LogP contribution in [0.4, 0.5) is 21.5 Å². The van der Waals surface area contributed by atoms with Gasteiger partial charge in [-0.2, -0.15) is 4.39 Å². The lowest BCUT2D eigenvalue weighted by atomic mass is 10.0. The van der Waals surface area contributed by atoms with Crippen LogP contribution in [0.1, 0.15) is 13.8 Å². The molecule has 2 heterocycles. The zero-order valence-corrected chi connectivity index (χ0v) is 14.6. The third-order valence-electron chi connectivity index (χ3n) is 3.56. The van der Waals surface area contributed by atoms with E-state index in [4.69, 9.17) is 4.74 Å². The Balaban J connectivity index is 2.11. The van der Waals surface area contributed by atoms with Gasteiger partial charge in [-0.15, -0.1) is 0 Å². The largest absolute Gasteiger partial charge is 0.476 e. The Morgan fingerprint density at radius 1 is 1.24 bits per heavy atom. The quantitative estimate of drug-likeness (QED) is 0.844. The number of benzene rings is 1. The smallest absolute Gasteiger partial charge is 0.275 e. The summed E-state index contributed by atoms with van der Waals surface area (Å²) < 4.78 is 44.0. The number of halogens is 1. The normalized spacial score (nSPS) is 16.2. The van der Waals surface area contributed by atoms with Crippen molar-refractivity contribution < 1.29 is 22.3 Å². The predicted octanol–water partition coefficient (Wildman–Crippen LogP) is 2.43. The third-order valence-corrected chi connectivity index (χ3v) is 4.16. The zero-order valence-electron chi connectivity index (χ0n) is 13.8. The molecule has 2 aromatic rings. The van der Waals surface area contributed by atoms with E-state index in [1.54, 1.807) is 19.9 Å². The van der Waals surface area contributed by atoms with Crippen LogP contribution in [0.5, 0.6) is 5.75 Å². The molecule has 0 fully saturated rings. The van der Waals surface area contributed by atoms with Crippen molar-refractivity contribution in [2.75, 3.05) is 15.9 Å². The van der Waals surface area contributed by atoms with Crippen LogP contribution in [0, 0.1) is 5.95 Å². The molecule has 0 unspecified atom stereocenters. The maximum absolute atomic E-state index is 13.1. The topological polar surface area (TPSA) is 88.6 Å². The molecule has 0 spiro atoms. The summed E-state index contributed by atoms with van der Waals surface area (Å²) in [6.45, 7) is 3.19. The summed E-state index contributed by atoms with van der Waals surface area (Å²) in [5, 5.41) is 0. The first-order valence-electron chi connectivity index (χ1n) is 7.34. The number of rotatable bonds is 3. The monoisotopic (exact) mass is 365 g/mol. The number of nitrogens with one attached hydrogen (secondary N) is 1. The first-order chi connectivity index (χ1) is 11.6. The number of sulfonamides is 1. The number of ether oxygens (including phenoxy) is 1. The van der Waals surface area contributed by atoms with Crippen molar-refractivity contribution in [3.05, 3.63) is 42.5 Å². The average Bonchev–Trinajstić information content (AvgIpc) is 2.48. The summed E-state index contributed by atoms with van der Waals surface area (Å²) in [6.07, 6.45) is 2.29. The van der Waals surface area contributed by atoms with E-state index in [0.717, 1.165) is 12.3 Å². The van der Waals surface area contributed by atoms with Crippen molar-refractivity contribution in [1.82, 2.24) is 4.98 Å². The van der Waals surface area contributed by atoms with E-state index in [1.807, 2.05) is 0 Å². The molecule has 0 saturated heterocycles. The molecular formula is C16H16FN3O4S. The first-order valence-corrected chi connectivity index (χ1v) is 9.23. The van der Waals surface area contributed by atoms with Crippen LogP contribution >= 0.6 is 0 Å². The second-order valence-electron chi connectivity index (χ2n) is 6.15. The number of aromatic nitrogens is 1. The molecule has 0 bridgehead atoms. The molecule has 9 heteroatoms. The molecule has 1 aliphatic heterocycles. The summed E-state index contributed by atoms with van der Waals surface area (Å²) in [5.41, 5.74) is -0.0846. The van der Waals surface area contributed by atoms with Gasteiger partial charge in [0.15, 0.2) is 5.60 Å². The van der Waals surface area contributed by atoms with E-state index in [2.05, 4.69) is 9.71 Å². The first kappa shape index (κ1) is 17.2. The van der Waals surface area contributed by atoms with Crippen molar-refractivity contribution in [3.8, 4) is 5.75 Å². The fourth-order valence-electron chi connectivity index (χ4n) is 2.51. The SMILES string of the molecule is CC1(C)Oc2cc(NS(C)(=O)=O)ccc2N(c2ccc(F)nc2)C1=O. The molecule has 7 nitrogen and oxygen atoms in total. The van der Waals surface area contributed by atoms with Gasteiger partial charge in [0.05, 0.1) is 29.5 Å². The van der Waals surface area contributed by atoms with Crippen LogP contribution < -0.4 is 14.4 Å². The molecule has 1 aromatic carbocycles. The van der Waals surface area contributed by atoms with Gasteiger partial charge in [0.1, 0.15) is 5.75 Å². The molecule has 1 aromatic heterocycles. The summed E-state index contributed by atoms with van der Waals surface area (Å²) in [5.74, 6) is -0.684. The molecule has 1 aliphatic rings. The number of carbonyl (C=O) groups excluding carboxylic acids is 1. The highest BCUT2D eigenvalue weighted by atomic mass is 32.2. The number of anilines is 3. The van der Waals surface area contributed by atoms with Crippen molar-refractivity contribution in [3.63, 3.8) is 0 Å². The lowest BCUT2D eigenvalue weighted by Gasteiger charge is -2.38. The Bertz CT molecular complexity index is 942. The minimum absolute atomic E-state index is 0.309. The number of pyridine rings is 1. The highest BCUT2D eigenvalue weighted by Crippen LogP contribution is 2.43. The van der Waals surface area contributed by atoms with Gasteiger partial charge in [-0.1, -0.05) is 0 Å². The summed E-state index contributed by atoms with van der Waals surface area (Å²) in [4.78, 5) is 17.7. The Hall–Kier alpha value is -2.68. The Morgan fingerprint density at radius 3 is 2.56 bits per heavy atom. The van der Waals surface area contributed by atoms with E-state index in [1.165, 1.54) is 29.3 Å². The minimum Gasteiger partial charge on any atom is -0.476 e. The van der Waals surface area contributed by atoms with Gasteiger partial charge in [-0.05, 0) is 38.1 Å². The second-order valence-corrected chi connectivity index (χ2v) is 7.90. The number of carbonyl (C=O) groups is 1. The van der Waals surface area contributed by atoms with Crippen LogP contribution in [0.15, 0.2) is 36.5 Å². The zero-order chi connectivity index (χ0) is 18.4. The lowest BCUT2D eigenvalue weighted by Crippen LogP contribution is -2.50. The summed E-state index contributed by atoms with van der Waals surface area (Å²) in [7, 11) is -3.45. The number of fused-ring (bicyclic) bond motifs is 1. The highest BCUT2D eigenvalue weighted by Gasteiger charge is 2.42. The van der Waals surface area contributed by atoms with Gasteiger partial charge in [-0.25, -0.2) is 13.4 Å². The standard InChI is InChI=1S/C16H16FN3O4S/c1-16(2)15(21)20(11-5-7-14(17)18-9-11)12-6-4-10(8-13(12)24-16)19-25(3,22)23/h4-9,19H,1-3H3. The Kier molecular flexibility index (Phi) is 3.91. The molecule has 0 radical (unpaired) electrons. The predicted molar refractivity (Wildman–Crippen MR) is 91.0 cm³/mol. The van der Waals surface area contributed by atoms with Crippen LogP contribution in [-0.4, -0.2) is 31.2 Å². The molecular weight excluding hydrogens is 349 g/mol. The van der Waals surface area contributed by atoms with Gasteiger partial charge in [0, 0.05) is 6.07 Å². The average molecular weight is 365 g/mol. The maximum atomic E-state index is 13.1. The van der Waals surface area contributed by atoms with E-state index >= 15 is 0 Å². The van der Waals surface area contributed by atoms with Crippen LogP contribution in [0.3, 0.4) is 0 Å². The summed E-state index contributed by atoms with van der Waals surface area (Å²) >= 11 is 0. The van der Waals surface area contributed by atoms with E-state index in [9.17, 15) is 17.6 Å². The van der Waals surface area contributed by atoms with Crippen LogP contribution in [0.25, 0.3) is 0 Å². The highest BCUT2D eigenvalue weighted by molar-refractivity contribution is 7.92. The van der Waals surface area contributed by atoms with Crippen LogP contribution in [0.2, 0.25) is 0 Å². The van der Waals surface area contributed by atoms with Gasteiger partial charge < -0.3 is 4.74 Å². The van der Waals surface area contributed by atoms with Crippen molar-refractivity contribution in [1.29, 1.82) is 0 Å². The van der Waals surface area contributed by atoms with Crippen LogP contribution in [-0.2, 0) is 14.8 Å². The van der Waals surface area contributed by atoms with Gasteiger partial charge >= 0.3 is 0 Å². The van der Waals surface area contributed by atoms with Gasteiger partial charge in [0.2, 0.25) is 16.0 Å². The fraction of sp³-hybridized carbons (Fsp3) is 0.250. The van der Waals surface area contributed by atoms with Crippen molar-refractivity contribution in [2.24, 2.45) is 0 Å². The van der Waals surface area contributed by atoms with Crippen molar-refractivity contribution in [2.45, 2.75) is 19.4 Å². The molecule has 0 atom stereocenters. The Labute approximate surface area is 144 Å². The molecule has 3 rings (SSSR count). The van der Waals surface area contributed by atoms with E-state index < -0.39 is 21.6 Å². The minimum atomic E-state index is -3.45. The number of nitrogens with zero attached hydrogens (tertiary/aromatic N) is 2. The molecule has 132 valence electrons. The van der Waals surface area contributed by atoms with Crippen molar-refractivity contribution >= 4 is 33.0 Å². The molecule has 25 heavy (non-hydrogen) atoms. The number of hydrogen-bond donors (Lipinski definition) is 1. The Morgan fingerprint density at radius 2 is 1.96 bits per heavy atom. The molecule has 1 N–H and O–H groups in total. The van der Waals surface area contributed by atoms with E-state index in [0.29, 0.717) is 22.8 Å². The van der Waals surface area contributed by atoms with Gasteiger partial charge in [0.25, 0.3) is 5.91 Å². The maximum Gasteiger partial charge on any atom is 0.275 e. The van der Waals surface area contributed by atoms with E-state index in [-0.39, 0.29) is 5.91 Å². The molecule has 0 aliphatic carbocycles.